The molecule has 180 valence electrons. The fourth-order valence-electron chi connectivity index (χ4n) is 2.04. The maximum atomic E-state index is 13.2. The maximum absolute atomic E-state index is 13.2. The van der Waals surface area contributed by atoms with Crippen molar-refractivity contribution in [2.24, 2.45) is 0 Å². The molecule has 0 aromatic carbocycles. The highest BCUT2D eigenvalue weighted by atomic mass is 32.2. The van der Waals surface area contributed by atoms with Crippen molar-refractivity contribution in [3.63, 3.8) is 0 Å². The Kier molecular flexibility index (Phi) is 6.95. The Morgan fingerprint density at radius 1 is 0.839 bits per heavy atom. The SMILES string of the molecule is O=S(=O)(O)c1cnc(COCC(O)(C(F)(F)F)C(F)(F)F)c(C(F)(F)F)c1C(F)(F)F. The van der Waals surface area contributed by atoms with Crippen LogP contribution in [0.2, 0.25) is 0 Å². The third-order valence-corrected chi connectivity index (χ3v) is 4.32. The van der Waals surface area contributed by atoms with Gasteiger partial charge in [0.15, 0.2) is 0 Å². The molecule has 0 fully saturated rings. The third-order valence-electron chi connectivity index (χ3n) is 3.46. The van der Waals surface area contributed by atoms with E-state index in [9.17, 15) is 61.1 Å². The predicted octanol–water partition coefficient (Wildman–Crippen LogP) is 3.74. The molecule has 1 aromatic rings. The quantitative estimate of drug-likeness (QED) is 0.468. The molecule has 19 heteroatoms. The molecule has 0 amide bonds. The van der Waals surface area contributed by atoms with E-state index in [4.69, 9.17) is 9.66 Å². The summed E-state index contributed by atoms with van der Waals surface area (Å²) in [5.41, 5.74) is -13.5. The first-order chi connectivity index (χ1) is 13.4. The summed E-state index contributed by atoms with van der Waals surface area (Å²) in [5.74, 6) is 0. The lowest BCUT2D eigenvalue weighted by atomic mass is 10.0. The van der Waals surface area contributed by atoms with Crippen LogP contribution in [0, 0.1) is 0 Å². The monoisotopic (exact) mass is 505 g/mol. The molecule has 31 heavy (non-hydrogen) atoms. The molecule has 0 aliphatic carbocycles. The topological polar surface area (TPSA) is 96.7 Å². The number of ether oxygens (including phenoxy) is 1. The second-order valence-electron chi connectivity index (χ2n) is 5.64. The van der Waals surface area contributed by atoms with E-state index in [1.54, 1.807) is 0 Å². The number of pyridine rings is 1. The Labute approximate surface area is 163 Å². The van der Waals surface area contributed by atoms with Crippen LogP contribution in [0.4, 0.5) is 52.7 Å². The number of hydrogen-bond acceptors (Lipinski definition) is 5. The van der Waals surface area contributed by atoms with Gasteiger partial charge in [-0.15, -0.1) is 0 Å². The highest BCUT2D eigenvalue weighted by molar-refractivity contribution is 7.85. The first kappa shape index (κ1) is 27.2. The number of alkyl halides is 12. The van der Waals surface area contributed by atoms with Crippen LogP contribution in [0.1, 0.15) is 16.8 Å². The second kappa shape index (κ2) is 7.93. The molecule has 0 spiro atoms. The Hall–Kier alpha value is -1.86. The molecule has 6 nitrogen and oxygen atoms in total. The van der Waals surface area contributed by atoms with Gasteiger partial charge in [-0.1, -0.05) is 0 Å². The van der Waals surface area contributed by atoms with Gasteiger partial charge < -0.3 is 9.84 Å². The number of nitrogens with zero attached hydrogens (tertiary/aromatic N) is 1. The van der Waals surface area contributed by atoms with Crippen molar-refractivity contribution in [3.05, 3.63) is 23.0 Å². The van der Waals surface area contributed by atoms with Gasteiger partial charge in [-0.05, 0) is 0 Å². The average molecular weight is 505 g/mol. The van der Waals surface area contributed by atoms with Crippen LogP contribution in [0.15, 0.2) is 11.1 Å². The molecule has 0 saturated carbocycles. The van der Waals surface area contributed by atoms with Gasteiger partial charge in [0.2, 0.25) is 0 Å². The summed E-state index contributed by atoms with van der Waals surface area (Å²) >= 11 is 0. The van der Waals surface area contributed by atoms with Crippen molar-refractivity contribution < 1.29 is 75.5 Å². The predicted molar refractivity (Wildman–Crippen MR) is 70.8 cm³/mol. The molecule has 0 atom stereocenters. The minimum Gasteiger partial charge on any atom is -0.372 e. The molecule has 0 radical (unpaired) electrons. The summed E-state index contributed by atoms with van der Waals surface area (Å²) in [6.45, 7) is -4.89. The number of aliphatic hydroxyl groups is 1. The average Bonchev–Trinajstić information content (AvgIpc) is 2.48. The molecule has 0 aliphatic heterocycles. The fraction of sp³-hybridized carbons (Fsp3) is 0.583. The smallest absolute Gasteiger partial charge is 0.372 e. The van der Waals surface area contributed by atoms with E-state index < -0.39 is 81.6 Å². The number of aromatic nitrogens is 1. The van der Waals surface area contributed by atoms with Gasteiger partial charge in [-0.3, -0.25) is 9.54 Å². The first-order valence-electron chi connectivity index (χ1n) is 7.02. The standard InChI is InChI=1S/C12H7F12NO5S/c13-9(14,15)6-4(2-30-3-8(26,11(19,20)21)12(22,23)24)25-1-5(31(27,28)29)7(6)10(16,17)18/h1,26H,2-3H2,(H,27,28,29). The number of halogens is 12. The normalized spacial score (nSPS) is 14.8. The van der Waals surface area contributed by atoms with Gasteiger partial charge >= 0.3 is 24.7 Å². The summed E-state index contributed by atoms with van der Waals surface area (Å²) in [5, 5.41) is 8.82. The molecule has 2 N–H and O–H groups in total. The van der Waals surface area contributed by atoms with Gasteiger partial charge in [0, 0.05) is 6.20 Å². The Morgan fingerprint density at radius 2 is 1.26 bits per heavy atom. The molecule has 0 aliphatic rings. The van der Waals surface area contributed by atoms with E-state index in [0.29, 0.717) is 0 Å². The summed E-state index contributed by atoms with van der Waals surface area (Å²) in [7, 11) is -5.96. The molecular formula is C12H7F12NO5S. The molecule has 0 bridgehead atoms. The van der Waals surface area contributed by atoms with Crippen LogP contribution >= 0.6 is 0 Å². The van der Waals surface area contributed by atoms with Crippen molar-refractivity contribution >= 4 is 10.1 Å². The lowest BCUT2D eigenvalue weighted by molar-refractivity contribution is -0.378. The number of rotatable bonds is 5. The van der Waals surface area contributed by atoms with Crippen molar-refractivity contribution in [3.8, 4) is 0 Å². The molecule has 1 rings (SSSR count). The Morgan fingerprint density at radius 3 is 1.58 bits per heavy atom. The zero-order chi connectivity index (χ0) is 24.8. The summed E-state index contributed by atoms with van der Waals surface area (Å²) in [4.78, 5) is 0.225. The highest BCUT2D eigenvalue weighted by Crippen LogP contribution is 2.46. The lowest BCUT2D eigenvalue weighted by Crippen LogP contribution is -2.59. The van der Waals surface area contributed by atoms with Crippen LogP contribution < -0.4 is 0 Å². The largest absolute Gasteiger partial charge is 0.428 e. The molecular weight excluding hydrogens is 498 g/mol. The van der Waals surface area contributed by atoms with Gasteiger partial charge in [0.25, 0.3) is 15.7 Å². The second-order valence-corrected chi connectivity index (χ2v) is 7.03. The van der Waals surface area contributed by atoms with E-state index in [-0.39, 0.29) is 0 Å². The minimum absolute atomic E-state index is 0.453. The van der Waals surface area contributed by atoms with Gasteiger partial charge in [0.05, 0.1) is 30.0 Å². The van der Waals surface area contributed by atoms with Gasteiger partial charge in [0.1, 0.15) is 4.90 Å². The van der Waals surface area contributed by atoms with Crippen LogP contribution in [0.25, 0.3) is 0 Å². The third kappa shape index (κ3) is 5.69. The van der Waals surface area contributed by atoms with E-state index in [1.165, 1.54) is 0 Å². The summed E-state index contributed by atoms with van der Waals surface area (Å²) in [6.07, 6.45) is -25.6. The zero-order valence-electron chi connectivity index (χ0n) is 14.0. The van der Waals surface area contributed by atoms with E-state index in [1.807, 2.05) is 0 Å². The van der Waals surface area contributed by atoms with E-state index in [0.717, 1.165) is 0 Å². The molecule has 1 aromatic heterocycles. The van der Waals surface area contributed by atoms with E-state index >= 15 is 0 Å². The molecule has 0 unspecified atom stereocenters. The summed E-state index contributed by atoms with van der Waals surface area (Å²) in [6, 6.07) is 0. The molecule has 1 heterocycles. The van der Waals surface area contributed by atoms with Gasteiger partial charge in [-0.25, -0.2) is 0 Å². The first-order valence-corrected chi connectivity index (χ1v) is 8.46. The Balaban J connectivity index is 3.56. The minimum atomic E-state index is -6.45. The van der Waals surface area contributed by atoms with Crippen LogP contribution in [-0.4, -0.2) is 47.6 Å². The van der Waals surface area contributed by atoms with Crippen molar-refractivity contribution in [1.29, 1.82) is 0 Å². The maximum Gasteiger partial charge on any atom is 0.428 e. The Bertz CT molecular complexity index is 902. The summed E-state index contributed by atoms with van der Waals surface area (Å²) < 4.78 is 188. The lowest BCUT2D eigenvalue weighted by Gasteiger charge is -2.32. The van der Waals surface area contributed by atoms with Crippen molar-refractivity contribution in [1.82, 2.24) is 4.98 Å². The van der Waals surface area contributed by atoms with Crippen LogP contribution in [-0.2, 0) is 33.8 Å². The van der Waals surface area contributed by atoms with Crippen molar-refractivity contribution in [2.75, 3.05) is 6.61 Å². The van der Waals surface area contributed by atoms with E-state index in [2.05, 4.69) is 9.72 Å². The highest BCUT2D eigenvalue weighted by Gasteiger charge is 2.70. The van der Waals surface area contributed by atoms with Crippen LogP contribution in [0.5, 0.6) is 0 Å². The zero-order valence-corrected chi connectivity index (χ0v) is 14.8. The van der Waals surface area contributed by atoms with Crippen LogP contribution in [0.3, 0.4) is 0 Å². The number of hydrogen-bond donors (Lipinski definition) is 2. The van der Waals surface area contributed by atoms with Gasteiger partial charge in [-0.2, -0.15) is 61.1 Å². The molecule has 0 saturated heterocycles. The fourth-order valence-corrected chi connectivity index (χ4v) is 2.71. The van der Waals surface area contributed by atoms with Crippen molar-refractivity contribution in [2.45, 2.75) is 41.8 Å².